The largest absolute Gasteiger partial charge is 0.372 e. The molecule has 7 nitrogen and oxygen atoms in total. The van der Waals surface area contributed by atoms with Crippen molar-refractivity contribution in [1.29, 1.82) is 0 Å². The molecule has 30 heavy (non-hydrogen) atoms. The van der Waals surface area contributed by atoms with Crippen molar-refractivity contribution in [1.82, 2.24) is 20.2 Å². The number of benzene rings is 1. The van der Waals surface area contributed by atoms with E-state index in [0.29, 0.717) is 0 Å². The van der Waals surface area contributed by atoms with E-state index in [2.05, 4.69) is 66.2 Å². The van der Waals surface area contributed by atoms with Gasteiger partial charge in [-0.1, -0.05) is 19.1 Å². The zero-order valence-corrected chi connectivity index (χ0v) is 18.2. The number of nitrogens with one attached hydrogen (secondary N) is 1. The number of guanidine groups is 1. The van der Waals surface area contributed by atoms with Crippen LogP contribution in [0.25, 0.3) is 0 Å². The first-order chi connectivity index (χ1) is 14.7. The number of aliphatic imine (C=N–C) groups is 1. The Labute approximate surface area is 179 Å². The molecule has 2 aromatic rings. The summed E-state index contributed by atoms with van der Waals surface area (Å²) < 4.78 is 0. The van der Waals surface area contributed by atoms with Gasteiger partial charge in [-0.3, -0.25) is 4.99 Å². The van der Waals surface area contributed by atoms with Gasteiger partial charge < -0.3 is 20.0 Å². The molecule has 2 aliphatic heterocycles. The summed E-state index contributed by atoms with van der Waals surface area (Å²) in [5, 5.41) is 3.53. The number of rotatable bonds is 4. The minimum Gasteiger partial charge on any atom is -0.372 e. The van der Waals surface area contributed by atoms with E-state index in [1.165, 1.54) is 37.2 Å². The molecule has 0 bridgehead atoms. The molecular formula is C23H33N7. The van der Waals surface area contributed by atoms with Gasteiger partial charge in [0.05, 0.1) is 0 Å². The zero-order valence-electron chi connectivity index (χ0n) is 18.2. The number of anilines is 2. The molecule has 160 valence electrons. The summed E-state index contributed by atoms with van der Waals surface area (Å²) in [6.07, 6.45) is 6.19. The molecule has 0 unspecified atom stereocenters. The lowest BCUT2D eigenvalue weighted by Gasteiger charge is -2.36. The number of hydrogen-bond donors (Lipinski definition) is 1. The highest BCUT2D eigenvalue weighted by Crippen LogP contribution is 2.23. The lowest BCUT2D eigenvalue weighted by Crippen LogP contribution is -2.52. The summed E-state index contributed by atoms with van der Waals surface area (Å²) in [6.45, 7) is 9.09. The maximum absolute atomic E-state index is 4.50. The number of hydrogen-bond acceptors (Lipinski definition) is 5. The van der Waals surface area contributed by atoms with E-state index in [1.807, 2.05) is 13.1 Å². The molecule has 0 spiro atoms. The van der Waals surface area contributed by atoms with Gasteiger partial charge in [-0.2, -0.15) is 0 Å². The van der Waals surface area contributed by atoms with Crippen LogP contribution in [-0.4, -0.2) is 67.1 Å². The summed E-state index contributed by atoms with van der Waals surface area (Å²) in [4.78, 5) is 20.3. The number of piperidine rings is 1. The fraction of sp³-hybridized carbons (Fsp3) is 0.522. The predicted molar refractivity (Wildman–Crippen MR) is 123 cm³/mol. The van der Waals surface area contributed by atoms with Gasteiger partial charge in [-0.05, 0) is 42.5 Å². The second kappa shape index (κ2) is 9.78. The molecule has 0 amide bonds. The van der Waals surface area contributed by atoms with Gasteiger partial charge in [-0.25, -0.2) is 9.97 Å². The van der Waals surface area contributed by atoms with Gasteiger partial charge in [0.15, 0.2) is 5.96 Å². The van der Waals surface area contributed by atoms with Crippen LogP contribution in [0.3, 0.4) is 0 Å². The van der Waals surface area contributed by atoms with E-state index >= 15 is 0 Å². The number of piperazine rings is 1. The van der Waals surface area contributed by atoms with Crippen LogP contribution in [0, 0.1) is 5.92 Å². The van der Waals surface area contributed by atoms with Gasteiger partial charge in [0.25, 0.3) is 0 Å². The fourth-order valence-corrected chi connectivity index (χ4v) is 4.18. The van der Waals surface area contributed by atoms with Gasteiger partial charge >= 0.3 is 0 Å². The van der Waals surface area contributed by atoms with Gasteiger partial charge in [-0.15, -0.1) is 0 Å². The molecule has 0 atom stereocenters. The average Bonchev–Trinajstić information content (AvgIpc) is 2.81. The third-order valence-electron chi connectivity index (χ3n) is 6.16. The van der Waals surface area contributed by atoms with Crippen LogP contribution in [0.15, 0.2) is 47.7 Å². The smallest absolute Gasteiger partial charge is 0.225 e. The molecule has 1 aromatic heterocycles. The molecule has 7 heteroatoms. The third kappa shape index (κ3) is 5.01. The second-order valence-electron chi connectivity index (χ2n) is 8.26. The van der Waals surface area contributed by atoms with Gasteiger partial charge in [0.1, 0.15) is 0 Å². The molecule has 2 fully saturated rings. The van der Waals surface area contributed by atoms with Crippen LogP contribution in [-0.2, 0) is 6.54 Å². The highest BCUT2D eigenvalue weighted by Gasteiger charge is 2.21. The van der Waals surface area contributed by atoms with Crippen molar-refractivity contribution in [3.8, 4) is 0 Å². The summed E-state index contributed by atoms with van der Waals surface area (Å²) in [5.41, 5.74) is 2.62. The third-order valence-corrected chi connectivity index (χ3v) is 6.16. The Morgan fingerprint density at radius 2 is 1.63 bits per heavy atom. The number of aromatic nitrogens is 2. The first-order valence-corrected chi connectivity index (χ1v) is 11.0. The average molecular weight is 408 g/mol. The highest BCUT2D eigenvalue weighted by molar-refractivity contribution is 5.80. The van der Waals surface area contributed by atoms with Crippen molar-refractivity contribution in [3.05, 3.63) is 48.3 Å². The molecule has 2 aliphatic rings. The molecule has 1 N–H and O–H groups in total. The Hall–Kier alpha value is -2.83. The molecule has 0 saturated carbocycles. The lowest BCUT2D eigenvalue weighted by atomic mass is 9.99. The van der Waals surface area contributed by atoms with Crippen LogP contribution in [0.4, 0.5) is 11.6 Å². The van der Waals surface area contributed by atoms with Crippen LogP contribution < -0.4 is 15.1 Å². The van der Waals surface area contributed by atoms with E-state index in [9.17, 15) is 0 Å². The Morgan fingerprint density at radius 1 is 0.967 bits per heavy atom. The van der Waals surface area contributed by atoms with E-state index in [0.717, 1.165) is 50.5 Å². The molecule has 2 saturated heterocycles. The fourth-order valence-electron chi connectivity index (χ4n) is 4.18. The topological polar surface area (TPSA) is 59.9 Å². The van der Waals surface area contributed by atoms with Crippen LogP contribution in [0.5, 0.6) is 0 Å². The molecule has 4 rings (SSSR count). The van der Waals surface area contributed by atoms with Gasteiger partial charge in [0, 0.05) is 70.9 Å². The van der Waals surface area contributed by atoms with E-state index in [-0.39, 0.29) is 0 Å². The van der Waals surface area contributed by atoms with Crippen molar-refractivity contribution >= 4 is 17.6 Å². The zero-order chi connectivity index (χ0) is 20.8. The summed E-state index contributed by atoms with van der Waals surface area (Å²) in [6, 6.07) is 10.8. The van der Waals surface area contributed by atoms with Crippen LogP contribution in [0.1, 0.15) is 25.3 Å². The minimum absolute atomic E-state index is 0.784. The normalized spacial score (nSPS) is 18.6. The highest BCUT2D eigenvalue weighted by atomic mass is 15.4. The van der Waals surface area contributed by atoms with E-state index < -0.39 is 0 Å². The maximum atomic E-state index is 4.50. The summed E-state index contributed by atoms with van der Waals surface area (Å²) >= 11 is 0. The van der Waals surface area contributed by atoms with Crippen molar-refractivity contribution in [2.45, 2.75) is 26.3 Å². The molecule has 0 aliphatic carbocycles. The Morgan fingerprint density at radius 3 is 2.27 bits per heavy atom. The molecule has 1 aromatic carbocycles. The first kappa shape index (κ1) is 20.4. The van der Waals surface area contributed by atoms with Crippen molar-refractivity contribution in [2.75, 3.05) is 56.1 Å². The van der Waals surface area contributed by atoms with Crippen LogP contribution >= 0.6 is 0 Å². The summed E-state index contributed by atoms with van der Waals surface area (Å²) in [7, 11) is 1.86. The Kier molecular flexibility index (Phi) is 6.67. The Balaban J connectivity index is 1.27. The minimum atomic E-state index is 0.784. The number of nitrogens with zero attached hydrogens (tertiary/aromatic N) is 6. The maximum Gasteiger partial charge on any atom is 0.225 e. The van der Waals surface area contributed by atoms with E-state index in [1.54, 1.807) is 12.4 Å². The first-order valence-electron chi connectivity index (χ1n) is 11.0. The monoisotopic (exact) mass is 407 g/mol. The Bertz CT molecular complexity index is 805. The van der Waals surface area contributed by atoms with Crippen LogP contribution in [0.2, 0.25) is 0 Å². The predicted octanol–water partition coefficient (Wildman–Crippen LogP) is 2.61. The lowest BCUT2D eigenvalue weighted by molar-refractivity contribution is 0.370. The molecular weight excluding hydrogens is 374 g/mol. The standard InChI is InChI=1S/C23H33N7/c1-19-8-12-28(13-9-19)21-6-4-20(5-7-21)18-27-22(24-2)29-14-16-30(17-15-29)23-25-10-3-11-26-23/h3-7,10-11,19H,8-9,12-18H2,1-2H3,(H,24,27). The van der Waals surface area contributed by atoms with Crippen molar-refractivity contribution < 1.29 is 0 Å². The van der Waals surface area contributed by atoms with E-state index in [4.69, 9.17) is 0 Å². The van der Waals surface area contributed by atoms with Gasteiger partial charge in [0.2, 0.25) is 5.95 Å². The SMILES string of the molecule is CN=C(NCc1ccc(N2CCC(C)CC2)cc1)N1CCN(c2ncccn2)CC1. The van der Waals surface area contributed by atoms with Crippen molar-refractivity contribution in [2.24, 2.45) is 10.9 Å². The summed E-state index contributed by atoms with van der Waals surface area (Å²) in [5.74, 6) is 2.62. The quantitative estimate of drug-likeness (QED) is 0.621. The second-order valence-corrected chi connectivity index (χ2v) is 8.26. The van der Waals surface area contributed by atoms with Crippen molar-refractivity contribution in [3.63, 3.8) is 0 Å². The molecule has 0 radical (unpaired) electrons. The molecule has 3 heterocycles.